The van der Waals surface area contributed by atoms with Crippen molar-refractivity contribution in [1.29, 1.82) is 0 Å². The van der Waals surface area contributed by atoms with Crippen LogP contribution in [-0.2, 0) is 0 Å². The van der Waals surface area contributed by atoms with Gasteiger partial charge in [-0.2, -0.15) is 0 Å². The van der Waals surface area contributed by atoms with Crippen LogP contribution in [0.1, 0.15) is 51.3 Å². The van der Waals surface area contributed by atoms with Gasteiger partial charge in [0.25, 0.3) is 0 Å². The molecular formula is C34H46N2O3. The van der Waals surface area contributed by atoms with Crippen LogP contribution in [0, 0.1) is 0 Å². The maximum absolute atomic E-state index is 6.05. The second-order valence-electron chi connectivity index (χ2n) is 9.53. The van der Waals surface area contributed by atoms with Gasteiger partial charge in [-0.05, 0) is 97.3 Å². The van der Waals surface area contributed by atoms with Crippen LogP contribution in [0.4, 0.5) is 0 Å². The van der Waals surface area contributed by atoms with Crippen molar-refractivity contribution in [2.45, 2.75) is 34.6 Å². The quantitative estimate of drug-likeness (QED) is 0.184. The highest BCUT2D eigenvalue weighted by Gasteiger charge is 2.12. The molecule has 0 aliphatic rings. The highest BCUT2D eigenvalue weighted by molar-refractivity contribution is 5.98. The van der Waals surface area contributed by atoms with Gasteiger partial charge in [-0.15, -0.1) is 0 Å². The zero-order chi connectivity index (χ0) is 28.0. The summed E-state index contributed by atoms with van der Waals surface area (Å²) >= 11 is 0. The number of ether oxygens (including phenoxy) is 3. The van der Waals surface area contributed by atoms with Gasteiger partial charge < -0.3 is 24.0 Å². The molecule has 3 aromatic rings. The zero-order valence-electron chi connectivity index (χ0n) is 24.7. The van der Waals surface area contributed by atoms with Crippen molar-refractivity contribution in [1.82, 2.24) is 9.80 Å². The lowest BCUT2D eigenvalue weighted by molar-refractivity contribution is 0.223. The van der Waals surface area contributed by atoms with E-state index in [9.17, 15) is 0 Å². The van der Waals surface area contributed by atoms with Crippen LogP contribution >= 0.6 is 0 Å². The predicted molar refractivity (Wildman–Crippen MR) is 164 cm³/mol. The Labute approximate surface area is 236 Å². The van der Waals surface area contributed by atoms with Crippen LogP contribution in [0.2, 0.25) is 0 Å². The van der Waals surface area contributed by atoms with E-state index in [1.54, 1.807) is 7.11 Å². The van der Waals surface area contributed by atoms with Gasteiger partial charge in [-0.25, -0.2) is 0 Å². The summed E-state index contributed by atoms with van der Waals surface area (Å²) < 4.78 is 17.5. The molecule has 3 rings (SSSR count). The standard InChI is InChI=1S/C34H46N2O3/c1-7-35(8-2)23-25-38-32-19-13-29(14-20-32)34(27(5)28-11-17-31(37-6)18-12-28)30-15-21-33(22-16-30)39-26-24-36(9-3)10-4/h11-22H,7-10,23-26H2,1-6H3. The minimum atomic E-state index is 0.685. The first-order valence-electron chi connectivity index (χ1n) is 14.3. The number of nitrogens with zero attached hydrogens (tertiary/aromatic N) is 2. The molecule has 0 saturated heterocycles. The minimum Gasteiger partial charge on any atom is -0.497 e. The van der Waals surface area contributed by atoms with E-state index >= 15 is 0 Å². The number of likely N-dealkylation sites (N-methyl/N-ethyl adjacent to an activating group) is 2. The Balaban J connectivity index is 1.85. The van der Waals surface area contributed by atoms with Crippen LogP contribution in [0.15, 0.2) is 72.8 Å². The highest BCUT2D eigenvalue weighted by atomic mass is 16.5. The summed E-state index contributed by atoms with van der Waals surface area (Å²) in [6.07, 6.45) is 0. The Hall–Kier alpha value is -3.28. The Morgan fingerprint density at radius 2 is 0.897 bits per heavy atom. The van der Waals surface area contributed by atoms with E-state index in [-0.39, 0.29) is 0 Å². The van der Waals surface area contributed by atoms with Gasteiger partial charge in [-0.3, -0.25) is 0 Å². The van der Waals surface area contributed by atoms with Crippen molar-refractivity contribution in [2.24, 2.45) is 0 Å². The fraction of sp³-hybridized carbons (Fsp3) is 0.412. The number of benzene rings is 3. The van der Waals surface area contributed by atoms with Crippen LogP contribution in [0.25, 0.3) is 11.1 Å². The first-order chi connectivity index (χ1) is 19.0. The monoisotopic (exact) mass is 530 g/mol. The number of rotatable bonds is 16. The summed E-state index contributed by atoms with van der Waals surface area (Å²) in [4.78, 5) is 4.73. The van der Waals surface area contributed by atoms with Gasteiger partial charge in [-0.1, -0.05) is 64.1 Å². The Bertz CT molecular complexity index is 1070. The second-order valence-corrected chi connectivity index (χ2v) is 9.53. The lowest BCUT2D eigenvalue weighted by Gasteiger charge is -2.19. The molecule has 0 fully saturated rings. The largest absolute Gasteiger partial charge is 0.497 e. The van der Waals surface area contributed by atoms with Gasteiger partial charge in [0.05, 0.1) is 7.11 Å². The molecule has 0 heterocycles. The van der Waals surface area contributed by atoms with E-state index in [0.717, 1.165) is 73.2 Å². The van der Waals surface area contributed by atoms with Crippen molar-refractivity contribution in [3.8, 4) is 17.2 Å². The van der Waals surface area contributed by atoms with E-state index in [2.05, 4.69) is 105 Å². The minimum absolute atomic E-state index is 0.685. The first kappa shape index (κ1) is 30.3. The van der Waals surface area contributed by atoms with Crippen LogP contribution in [0.5, 0.6) is 17.2 Å². The maximum atomic E-state index is 6.05. The predicted octanol–water partition coefficient (Wildman–Crippen LogP) is 7.12. The molecule has 3 aromatic carbocycles. The Morgan fingerprint density at radius 3 is 1.26 bits per heavy atom. The summed E-state index contributed by atoms with van der Waals surface area (Å²) in [5.74, 6) is 2.64. The smallest absolute Gasteiger partial charge is 0.119 e. The third-order valence-corrected chi connectivity index (χ3v) is 7.33. The summed E-state index contributed by atoms with van der Waals surface area (Å²) in [6.45, 7) is 18.3. The van der Waals surface area contributed by atoms with E-state index in [0.29, 0.717) is 13.2 Å². The fourth-order valence-corrected chi connectivity index (χ4v) is 4.69. The number of hydrogen-bond acceptors (Lipinski definition) is 5. The topological polar surface area (TPSA) is 34.2 Å². The SMILES string of the molecule is CCN(CC)CCOc1ccc(C(=C(C)c2ccc(OC)cc2)c2ccc(OCCN(CC)CC)cc2)cc1. The molecule has 39 heavy (non-hydrogen) atoms. The molecule has 0 spiro atoms. The summed E-state index contributed by atoms with van der Waals surface area (Å²) in [6, 6.07) is 25.2. The van der Waals surface area contributed by atoms with E-state index in [4.69, 9.17) is 14.2 Å². The fourth-order valence-electron chi connectivity index (χ4n) is 4.69. The average molecular weight is 531 g/mol. The van der Waals surface area contributed by atoms with Gasteiger partial charge in [0.2, 0.25) is 0 Å². The van der Waals surface area contributed by atoms with Crippen molar-refractivity contribution >= 4 is 11.1 Å². The highest BCUT2D eigenvalue weighted by Crippen LogP contribution is 2.34. The van der Waals surface area contributed by atoms with Gasteiger partial charge in [0, 0.05) is 13.1 Å². The number of methoxy groups -OCH3 is 1. The van der Waals surface area contributed by atoms with Gasteiger partial charge >= 0.3 is 0 Å². The first-order valence-corrected chi connectivity index (χ1v) is 14.3. The lowest BCUT2D eigenvalue weighted by Crippen LogP contribution is -2.27. The van der Waals surface area contributed by atoms with Gasteiger partial charge in [0.1, 0.15) is 30.5 Å². The van der Waals surface area contributed by atoms with E-state index in [1.807, 2.05) is 12.1 Å². The van der Waals surface area contributed by atoms with Crippen LogP contribution in [0.3, 0.4) is 0 Å². The molecular weight excluding hydrogens is 484 g/mol. The number of hydrogen-bond donors (Lipinski definition) is 0. The molecule has 0 bridgehead atoms. The summed E-state index contributed by atoms with van der Waals surface area (Å²) in [5.41, 5.74) is 5.83. The van der Waals surface area contributed by atoms with Crippen molar-refractivity contribution < 1.29 is 14.2 Å². The van der Waals surface area contributed by atoms with Gasteiger partial charge in [0.15, 0.2) is 0 Å². The molecule has 0 aliphatic carbocycles. The van der Waals surface area contributed by atoms with Crippen LogP contribution < -0.4 is 14.2 Å². The summed E-state index contributed by atoms with van der Waals surface area (Å²) in [5, 5.41) is 0. The third kappa shape index (κ3) is 8.87. The van der Waals surface area contributed by atoms with Crippen LogP contribution in [-0.4, -0.2) is 69.4 Å². The molecule has 0 radical (unpaired) electrons. The van der Waals surface area contributed by atoms with E-state index < -0.39 is 0 Å². The molecule has 5 nitrogen and oxygen atoms in total. The summed E-state index contributed by atoms with van der Waals surface area (Å²) in [7, 11) is 1.69. The molecule has 0 saturated carbocycles. The normalized spacial score (nSPS) is 11.1. The van der Waals surface area contributed by atoms with Crippen molar-refractivity contribution in [3.05, 3.63) is 89.5 Å². The van der Waals surface area contributed by atoms with E-state index in [1.165, 1.54) is 11.1 Å². The molecule has 0 unspecified atom stereocenters. The Morgan fingerprint density at radius 1 is 0.538 bits per heavy atom. The molecule has 5 heteroatoms. The lowest BCUT2D eigenvalue weighted by atomic mass is 9.90. The average Bonchev–Trinajstić information content (AvgIpc) is 2.99. The second kappa shape index (κ2) is 16.0. The molecule has 0 aromatic heterocycles. The Kier molecular flexibility index (Phi) is 12.4. The number of allylic oxidation sites excluding steroid dienone is 1. The molecule has 210 valence electrons. The van der Waals surface area contributed by atoms with Crippen molar-refractivity contribution in [2.75, 3.05) is 59.6 Å². The third-order valence-electron chi connectivity index (χ3n) is 7.33. The molecule has 0 N–H and O–H groups in total. The maximum Gasteiger partial charge on any atom is 0.119 e. The molecule has 0 amide bonds. The molecule has 0 aliphatic heterocycles. The molecule has 0 atom stereocenters. The zero-order valence-corrected chi connectivity index (χ0v) is 24.7. The van der Waals surface area contributed by atoms with Crippen molar-refractivity contribution in [3.63, 3.8) is 0 Å².